The molecule has 6 N–H and O–H groups in total. The summed E-state index contributed by atoms with van der Waals surface area (Å²) in [5.74, 6) is 2.51. The predicted molar refractivity (Wildman–Crippen MR) is 267 cm³/mol. The van der Waals surface area contributed by atoms with Crippen LogP contribution in [0.1, 0.15) is 89.2 Å². The van der Waals surface area contributed by atoms with Crippen LogP contribution in [0.15, 0.2) is 54.6 Å². The van der Waals surface area contributed by atoms with E-state index in [0.29, 0.717) is 35.4 Å². The number of hydrogen-bond acceptors (Lipinski definition) is 13. The molecule has 16 nitrogen and oxygen atoms in total. The fourth-order valence-corrected chi connectivity index (χ4v) is 13.2. The lowest BCUT2D eigenvalue weighted by atomic mass is 9.49. The van der Waals surface area contributed by atoms with Crippen molar-refractivity contribution >= 4 is 29.2 Å². The van der Waals surface area contributed by atoms with Crippen molar-refractivity contribution < 1.29 is 29.7 Å². The average molecular weight is 957 g/mol. The molecule has 4 saturated heterocycles. The van der Waals surface area contributed by atoms with Crippen LogP contribution in [0.25, 0.3) is 11.3 Å². The molecule has 4 atom stereocenters. The lowest BCUT2D eigenvalue weighted by molar-refractivity contribution is -0.151. The number of aromatic hydroxyl groups is 1. The summed E-state index contributed by atoms with van der Waals surface area (Å²) in [6, 6.07) is 17.0. The topological polar surface area (TPSA) is 190 Å². The minimum Gasteiger partial charge on any atom is -0.507 e. The number of rotatable bonds is 13. The minimum atomic E-state index is -0.964. The lowest BCUT2D eigenvalue weighted by Crippen LogP contribution is -2.63. The van der Waals surface area contributed by atoms with Crippen LogP contribution in [0.2, 0.25) is 0 Å². The van der Waals surface area contributed by atoms with E-state index >= 15 is 0 Å². The number of hydrogen-bond donors (Lipinski definition) is 6. The van der Waals surface area contributed by atoms with E-state index in [1.165, 1.54) is 30.6 Å². The molecule has 1 aromatic heterocycles. The molecule has 6 fully saturated rings. The van der Waals surface area contributed by atoms with Crippen LogP contribution >= 0.6 is 0 Å². The molecular weight excluding hydrogens is 885 g/mol. The van der Waals surface area contributed by atoms with Gasteiger partial charge in [0.1, 0.15) is 17.8 Å². The van der Waals surface area contributed by atoms with Gasteiger partial charge in [-0.15, -0.1) is 16.6 Å². The van der Waals surface area contributed by atoms with E-state index in [9.17, 15) is 29.7 Å². The number of carbonyl (C=O) groups is 3. The zero-order chi connectivity index (χ0) is 48.7. The Labute approximate surface area is 412 Å². The molecule has 0 unspecified atom stereocenters. The zero-order valence-corrected chi connectivity index (χ0v) is 40.9. The highest BCUT2D eigenvalue weighted by Crippen LogP contribution is 2.60. The van der Waals surface area contributed by atoms with Gasteiger partial charge in [-0.1, -0.05) is 44.0 Å². The number of fused-ring (bicyclic) bond motifs is 3. The summed E-state index contributed by atoms with van der Waals surface area (Å²) in [7, 11) is 0. The van der Waals surface area contributed by atoms with E-state index in [-0.39, 0.29) is 61.4 Å². The summed E-state index contributed by atoms with van der Waals surface area (Å²) < 4.78 is 0. The van der Waals surface area contributed by atoms with Crippen LogP contribution in [0.3, 0.4) is 0 Å². The van der Waals surface area contributed by atoms with Crippen molar-refractivity contribution in [2.24, 2.45) is 16.7 Å². The van der Waals surface area contributed by atoms with Crippen molar-refractivity contribution in [3.05, 3.63) is 65.7 Å². The maximum absolute atomic E-state index is 14.4. The first-order valence-corrected chi connectivity index (χ1v) is 25.9. The SMILES string of the molecule is C#Cc1ccc(CNC(=O)[C@@H]2C[C@@H](O)CN2C(=O)[C@@H](NC(=O)[C@H]2CC3(C2)C[C@H](N2CCC(N4CCC(N5CCN6c7cc(-c8ccccc8O)nnc7NC[C@H]6C5)CC4)CC2)C3)C(C)(C)CCO)cc1. The second-order valence-electron chi connectivity index (χ2n) is 22.3. The van der Waals surface area contributed by atoms with Gasteiger partial charge in [0, 0.05) is 87.5 Å². The third-order valence-electron chi connectivity index (χ3n) is 17.4. The number of nitrogens with one attached hydrogen (secondary N) is 3. The molecule has 3 amide bonds. The van der Waals surface area contributed by atoms with Gasteiger partial charge >= 0.3 is 0 Å². The number of aliphatic hydroxyl groups is 2. The highest BCUT2D eigenvalue weighted by molar-refractivity contribution is 5.94. The molecule has 2 saturated carbocycles. The molecule has 5 aliphatic heterocycles. The van der Waals surface area contributed by atoms with E-state index in [0.717, 1.165) is 101 Å². The second-order valence-corrected chi connectivity index (χ2v) is 22.3. The molecule has 70 heavy (non-hydrogen) atoms. The lowest BCUT2D eigenvalue weighted by Gasteiger charge is -2.60. The maximum Gasteiger partial charge on any atom is 0.246 e. The molecule has 7 aliphatic rings. The number of carbonyl (C=O) groups excluding carboxylic acids is 3. The molecule has 2 aliphatic carbocycles. The van der Waals surface area contributed by atoms with Gasteiger partial charge in [-0.05, 0) is 131 Å². The van der Waals surface area contributed by atoms with E-state index < -0.39 is 29.5 Å². The summed E-state index contributed by atoms with van der Waals surface area (Å²) in [6.45, 7) is 12.2. The first-order chi connectivity index (χ1) is 33.8. The van der Waals surface area contributed by atoms with Crippen LogP contribution in [-0.2, 0) is 20.9 Å². The summed E-state index contributed by atoms with van der Waals surface area (Å²) in [5, 5.41) is 49.6. The van der Waals surface area contributed by atoms with E-state index in [1.807, 2.05) is 44.2 Å². The molecule has 10 rings (SSSR count). The Hall–Kier alpha value is -5.31. The highest BCUT2D eigenvalue weighted by Gasteiger charge is 2.57. The van der Waals surface area contributed by atoms with Gasteiger partial charge in [-0.25, -0.2) is 0 Å². The van der Waals surface area contributed by atoms with Crippen LogP contribution in [0.4, 0.5) is 11.5 Å². The molecule has 16 heteroatoms. The molecule has 374 valence electrons. The monoisotopic (exact) mass is 957 g/mol. The zero-order valence-electron chi connectivity index (χ0n) is 40.9. The third kappa shape index (κ3) is 9.84. The summed E-state index contributed by atoms with van der Waals surface area (Å²) in [6.07, 6.45) is 13.7. The number of aliphatic hydroxyl groups excluding tert-OH is 2. The Morgan fingerprint density at radius 2 is 1.54 bits per heavy atom. The van der Waals surface area contributed by atoms with Gasteiger partial charge in [-0.3, -0.25) is 19.3 Å². The quantitative estimate of drug-likeness (QED) is 0.137. The number of nitrogens with zero attached hydrogens (tertiary/aromatic N) is 7. The van der Waals surface area contributed by atoms with E-state index in [2.05, 4.69) is 57.7 Å². The molecule has 0 bridgehead atoms. The van der Waals surface area contributed by atoms with Crippen molar-refractivity contribution in [2.45, 2.75) is 127 Å². The Bertz CT molecular complexity index is 2420. The normalized spacial score (nSPS) is 28.1. The minimum absolute atomic E-state index is 0.00471. The van der Waals surface area contributed by atoms with Gasteiger partial charge in [0.05, 0.1) is 23.5 Å². The van der Waals surface area contributed by atoms with Crippen LogP contribution in [-0.4, -0.2) is 171 Å². The molecule has 3 aromatic rings. The van der Waals surface area contributed by atoms with Crippen molar-refractivity contribution in [1.82, 2.24) is 40.4 Å². The van der Waals surface area contributed by atoms with Crippen LogP contribution in [0, 0.1) is 29.1 Å². The number of para-hydroxylation sites is 1. The Balaban J connectivity index is 0.658. The number of likely N-dealkylation sites (tertiary alicyclic amines) is 3. The fourth-order valence-electron chi connectivity index (χ4n) is 13.2. The summed E-state index contributed by atoms with van der Waals surface area (Å²) in [5.41, 5.74) is 3.44. The average Bonchev–Trinajstić information content (AvgIpc) is 3.75. The fraction of sp³-hybridized carbons (Fsp3) is 0.611. The van der Waals surface area contributed by atoms with Gasteiger partial charge in [0.2, 0.25) is 17.7 Å². The molecule has 6 heterocycles. The first-order valence-electron chi connectivity index (χ1n) is 25.9. The Morgan fingerprint density at radius 3 is 2.23 bits per heavy atom. The number of anilines is 2. The molecule has 0 radical (unpaired) electrons. The predicted octanol–water partition coefficient (Wildman–Crippen LogP) is 3.41. The first kappa shape index (κ1) is 48.3. The van der Waals surface area contributed by atoms with E-state index in [4.69, 9.17) is 6.42 Å². The van der Waals surface area contributed by atoms with Crippen molar-refractivity contribution in [3.8, 4) is 29.4 Å². The van der Waals surface area contributed by atoms with Gasteiger partial charge in [-0.2, -0.15) is 0 Å². The van der Waals surface area contributed by atoms with Gasteiger partial charge < -0.3 is 50.9 Å². The van der Waals surface area contributed by atoms with Crippen molar-refractivity contribution in [2.75, 3.05) is 75.7 Å². The summed E-state index contributed by atoms with van der Waals surface area (Å²) >= 11 is 0. The van der Waals surface area contributed by atoms with Gasteiger partial charge in [0.25, 0.3) is 0 Å². The number of benzene rings is 2. The Kier molecular flexibility index (Phi) is 13.9. The summed E-state index contributed by atoms with van der Waals surface area (Å²) in [4.78, 5) is 53.9. The number of piperidine rings is 2. The molecular formula is C54H72N10O6. The number of aromatic nitrogens is 2. The van der Waals surface area contributed by atoms with Gasteiger partial charge in [0.15, 0.2) is 5.82 Å². The van der Waals surface area contributed by atoms with Crippen LogP contribution < -0.4 is 20.9 Å². The molecule has 1 spiro atoms. The Morgan fingerprint density at radius 1 is 0.857 bits per heavy atom. The van der Waals surface area contributed by atoms with E-state index in [1.54, 1.807) is 18.2 Å². The van der Waals surface area contributed by atoms with Crippen LogP contribution in [0.5, 0.6) is 5.75 Å². The third-order valence-corrected chi connectivity index (χ3v) is 17.4. The van der Waals surface area contributed by atoms with Crippen molar-refractivity contribution in [3.63, 3.8) is 0 Å². The number of terminal acetylenes is 1. The standard InChI is InChI=1S/C54H72N10O6/c1-4-35-9-11-36(12-10-35)31-56-51(69)46-25-42(66)34-64(46)52(70)48(53(2,3)17-24-65)57-50(68)37-27-54(28-37)29-40(30-54)61-20-13-38(14-21-61)60-18-15-39(16-19-60)62-22-23-63-41(33-62)32-55-49-45(63)26-44(58-59-49)43-7-5-6-8-47(43)67/h1,5-12,26,37-42,46,48,65-67H,13-25,27-34H2,2-3H3,(H,55,59)(H,56,69)(H,57,68)/t37-,40-,41-,42+,46-,48+,54?/m0/s1. The number of piperazine rings is 1. The highest BCUT2D eigenvalue weighted by atomic mass is 16.3. The second kappa shape index (κ2) is 20.1. The van der Waals surface area contributed by atoms with Crippen molar-refractivity contribution in [1.29, 1.82) is 0 Å². The molecule has 2 aromatic carbocycles. The number of phenols is 1. The maximum atomic E-state index is 14.4. The number of β-amino-alcohol motifs (C(OH)–C–C–N with tert-alkyl or cyclic N) is 1. The smallest absolute Gasteiger partial charge is 0.246 e. The number of amides is 3. The largest absolute Gasteiger partial charge is 0.507 e. The number of phenolic OH excluding ortho intramolecular Hbond substituents is 1.